The molecule has 0 spiro atoms. The van der Waals surface area contributed by atoms with E-state index in [1.165, 1.54) is 69.3 Å². The predicted octanol–water partition coefficient (Wildman–Crippen LogP) is 4.10. The van der Waals surface area contributed by atoms with Gasteiger partial charge < -0.3 is 10.2 Å². The van der Waals surface area contributed by atoms with Crippen molar-refractivity contribution in [3.05, 3.63) is 29.8 Å². The Bertz CT molecular complexity index is 429. The van der Waals surface area contributed by atoms with Crippen LogP contribution in [0.4, 0.5) is 5.69 Å². The summed E-state index contributed by atoms with van der Waals surface area (Å²) in [4.78, 5) is 2.56. The number of anilines is 1. The second-order valence-corrected chi connectivity index (χ2v) is 6.80. The molecule has 2 heteroatoms. The van der Waals surface area contributed by atoms with E-state index in [0.29, 0.717) is 5.54 Å². The Morgan fingerprint density at radius 1 is 1.00 bits per heavy atom. The summed E-state index contributed by atoms with van der Waals surface area (Å²) in [6.45, 7) is 5.89. The Morgan fingerprint density at radius 3 is 2.45 bits per heavy atom. The summed E-state index contributed by atoms with van der Waals surface area (Å²) in [5, 5.41) is 3.85. The third kappa shape index (κ3) is 3.17. The van der Waals surface area contributed by atoms with Gasteiger partial charge in [-0.2, -0.15) is 0 Å². The van der Waals surface area contributed by atoms with Crippen molar-refractivity contribution < 1.29 is 0 Å². The van der Waals surface area contributed by atoms with Crippen LogP contribution in [0.25, 0.3) is 0 Å². The number of hydrogen-bond donors (Lipinski definition) is 1. The average Bonchev–Trinajstić information content (AvgIpc) is 3.00. The highest BCUT2D eigenvalue weighted by Gasteiger charge is 2.26. The number of para-hydroxylation sites is 1. The molecule has 0 aromatic heterocycles. The van der Waals surface area contributed by atoms with Gasteiger partial charge in [0.25, 0.3) is 0 Å². The molecule has 1 saturated heterocycles. The second-order valence-electron chi connectivity index (χ2n) is 6.80. The van der Waals surface area contributed by atoms with Crippen molar-refractivity contribution in [2.24, 2.45) is 0 Å². The van der Waals surface area contributed by atoms with E-state index in [0.717, 1.165) is 6.54 Å². The lowest BCUT2D eigenvalue weighted by atomic mass is 9.83. The van der Waals surface area contributed by atoms with Crippen molar-refractivity contribution in [1.29, 1.82) is 0 Å². The van der Waals surface area contributed by atoms with Gasteiger partial charge in [0.05, 0.1) is 0 Å². The first-order valence-corrected chi connectivity index (χ1v) is 8.35. The molecule has 1 N–H and O–H groups in total. The zero-order valence-electron chi connectivity index (χ0n) is 12.8. The van der Waals surface area contributed by atoms with Crippen LogP contribution in [-0.4, -0.2) is 18.6 Å². The Morgan fingerprint density at radius 2 is 1.70 bits per heavy atom. The Kier molecular flexibility index (Phi) is 4.30. The van der Waals surface area contributed by atoms with E-state index >= 15 is 0 Å². The van der Waals surface area contributed by atoms with Gasteiger partial charge >= 0.3 is 0 Å². The molecule has 1 heterocycles. The number of nitrogens with zero attached hydrogens (tertiary/aromatic N) is 1. The van der Waals surface area contributed by atoms with Crippen LogP contribution in [0.1, 0.15) is 57.4 Å². The minimum atomic E-state index is 0.358. The van der Waals surface area contributed by atoms with Crippen molar-refractivity contribution in [3.8, 4) is 0 Å². The maximum Gasteiger partial charge on any atom is 0.0411 e. The summed E-state index contributed by atoms with van der Waals surface area (Å²) in [6, 6.07) is 8.96. The summed E-state index contributed by atoms with van der Waals surface area (Å²) < 4.78 is 0. The molecule has 1 aliphatic carbocycles. The topological polar surface area (TPSA) is 15.3 Å². The third-order valence-corrected chi connectivity index (χ3v) is 5.10. The van der Waals surface area contributed by atoms with Crippen LogP contribution in [0, 0.1) is 0 Å². The van der Waals surface area contributed by atoms with Crippen molar-refractivity contribution in [1.82, 2.24) is 5.32 Å². The molecule has 2 fully saturated rings. The molecule has 3 rings (SSSR count). The molecule has 2 aliphatic rings. The SMILES string of the molecule is CC1(NCc2ccccc2N2CCCC2)CCCCC1. The van der Waals surface area contributed by atoms with Crippen molar-refractivity contribution >= 4 is 5.69 Å². The lowest BCUT2D eigenvalue weighted by molar-refractivity contribution is 0.252. The van der Waals surface area contributed by atoms with Gasteiger partial charge in [-0.1, -0.05) is 37.5 Å². The summed E-state index contributed by atoms with van der Waals surface area (Å²) in [7, 11) is 0. The van der Waals surface area contributed by atoms with Gasteiger partial charge in [0.15, 0.2) is 0 Å². The van der Waals surface area contributed by atoms with Gasteiger partial charge in [0, 0.05) is 30.9 Å². The molecule has 0 amide bonds. The van der Waals surface area contributed by atoms with E-state index in [4.69, 9.17) is 0 Å². The maximum absolute atomic E-state index is 3.85. The van der Waals surface area contributed by atoms with Gasteiger partial charge in [-0.3, -0.25) is 0 Å². The van der Waals surface area contributed by atoms with E-state index < -0.39 is 0 Å². The highest BCUT2D eigenvalue weighted by atomic mass is 15.1. The van der Waals surface area contributed by atoms with E-state index in [-0.39, 0.29) is 0 Å². The molecular formula is C18H28N2. The maximum atomic E-state index is 3.85. The van der Waals surface area contributed by atoms with E-state index in [1.807, 2.05) is 0 Å². The lowest BCUT2D eigenvalue weighted by Gasteiger charge is -2.35. The standard InChI is InChI=1S/C18H28N2/c1-18(11-5-2-6-12-18)19-15-16-9-3-4-10-17(16)20-13-7-8-14-20/h3-4,9-10,19H,2,5-8,11-15H2,1H3. The minimum Gasteiger partial charge on any atom is -0.371 e. The Labute approximate surface area is 123 Å². The third-order valence-electron chi connectivity index (χ3n) is 5.10. The monoisotopic (exact) mass is 272 g/mol. The first-order valence-electron chi connectivity index (χ1n) is 8.35. The molecule has 0 bridgehead atoms. The van der Waals surface area contributed by atoms with Crippen LogP contribution in [-0.2, 0) is 6.54 Å². The normalized spacial score (nSPS) is 22.1. The first-order chi connectivity index (χ1) is 9.77. The molecular weight excluding hydrogens is 244 g/mol. The molecule has 0 unspecified atom stereocenters. The molecule has 110 valence electrons. The van der Waals surface area contributed by atoms with Crippen LogP contribution in [0.5, 0.6) is 0 Å². The zero-order valence-corrected chi connectivity index (χ0v) is 12.8. The van der Waals surface area contributed by atoms with Gasteiger partial charge in [-0.15, -0.1) is 0 Å². The molecule has 20 heavy (non-hydrogen) atoms. The molecule has 0 radical (unpaired) electrons. The fraction of sp³-hybridized carbons (Fsp3) is 0.667. The summed E-state index contributed by atoms with van der Waals surface area (Å²) in [5.41, 5.74) is 3.29. The first kappa shape index (κ1) is 13.9. The summed E-state index contributed by atoms with van der Waals surface area (Å²) in [5.74, 6) is 0. The van der Waals surface area contributed by atoms with Crippen LogP contribution < -0.4 is 10.2 Å². The van der Waals surface area contributed by atoms with Crippen molar-refractivity contribution in [2.75, 3.05) is 18.0 Å². The van der Waals surface area contributed by atoms with Crippen molar-refractivity contribution in [2.45, 2.75) is 64.0 Å². The molecule has 0 atom stereocenters. The highest BCUT2D eigenvalue weighted by molar-refractivity contribution is 5.54. The Hall–Kier alpha value is -1.02. The molecule has 1 aromatic carbocycles. The van der Waals surface area contributed by atoms with Gasteiger partial charge in [-0.05, 0) is 44.2 Å². The predicted molar refractivity (Wildman–Crippen MR) is 86.2 cm³/mol. The largest absolute Gasteiger partial charge is 0.371 e. The smallest absolute Gasteiger partial charge is 0.0411 e. The van der Waals surface area contributed by atoms with Gasteiger partial charge in [0.2, 0.25) is 0 Å². The molecule has 1 saturated carbocycles. The second kappa shape index (κ2) is 6.17. The van der Waals surface area contributed by atoms with Crippen LogP contribution in [0.2, 0.25) is 0 Å². The van der Waals surface area contributed by atoms with E-state index in [1.54, 1.807) is 0 Å². The Balaban J connectivity index is 1.67. The quantitative estimate of drug-likeness (QED) is 0.887. The fourth-order valence-corrected chi connectivity index (χ4v) is 3.74. The highest BCUT2D eigenvalue weighted by Crippen LogP contribution is 2.29. The van der Waals surface area contributed by atoms with E-state index in [9.17, 15) is 0 Å². The molecule has 1 aliphatic heterocycles. The lowest BCUT2D eigenvalue weighted by Crippen LogP contribution is -2.43. The molecule has 2 nitrogen and oxygen atoms in total. The summed E-state index contributed by atoms with van der Waals surface area (Å²) in [6.07, 6.45) is 9.55. The van der Waals surface area contributed by atoms with Crippen LogP contribution >= 0.6 is 0 Å². The fourth-order valence-electron chi connectivity index (χ4n) is 3.74. The van der Waals surface area contributed by atoms with Crippen LogP contribution in [0.3, 0.4) is 0 Å². The van der Waals surface area contributed by atoms with Crippen LogP contribution in [0.15, 0.2) is 24.3 Å². The molecule has 1 aromatic rings. The average molecular weight is 272 g/mol. The van der Waals surface area contributed by atoms with Gasteiger partial charge in [0.1, 0.15) is 0 Å². The number of rotatable bonds is 4. The number of benzene rings is 1. The minimum absolute atomic E-state index is 0.358. The van der Waals surface area contributed by atoms with E-state index in [2.05, 4.69) is 41.4 Å². The number of hydrogen-bond acceptors (Lipinski definition) is 2. The van der Waals surface area contributed by atoms with Gasteiger partial charge in [-0.25, -0.2) is 0 Å². The summed E-state index contributed by atoms with van der Waals surface area (Å²) >= 11 is 0. The zero-order chi connectivity index (χ0) is 13.8. The van der Waals surface area contributed by atoms with Crippen molar-refractivity contribution in [3.63, 3.8) is 0 Å². The number of nitrogens with one attached hydrogen (secondary N) is 1.